The molecule has 25 heavy (non-hydrogen) atoms. The fourth-order valence-electron chi connectivity index (χ4n) is 2.65. The van der Waals surface area contributed by atoms with E-state index in [1.165, 1.54) is 17.0 Å². The van der Waals surface area contributed by atoms with Gasteiger partial charge in [0.25, 0.3) is 5.91 Å². The first-order valence-electron chi connectivity index (χ1n) is 8.07. The van der Waals surface area contributed by atoms with E-state index in [-0.39, 0.29) is 18.0 Å². The van der Waals surface area contributed by atoms with Gasteiger partial charge in [0.05, 0.1) is 13.1 Å². The summed E-state index contributed by atoms with van der Waals surface area (Å²) < 4.78 is 26.7. The van der Waals surface area contributed by atoms with Crippen LogP contribution in [-0.2, 0) is 11.3 Å². The third-order valence-corrected chi connectivity index (χ3v) is 4.68. The largest absolute Gasteiger partial charge is 0.345 e. The highest BCUT2D eigenvalue weighted by atomic mass is 32.2. The Kier molecular flexibility index (Phi) is 6.96. The lowest BCUT2D eigenvalue weighted by Crippen LogP contribution is -3.08. The van der Waals surface area contributed by atoms with Crippen molar-refractivity contribution in [1.82, 2.24) is 5.32 Å². The molecule has 2 rings (SSSR count). The number of likely N-dealkylation sites (N-methyl/N-ethyl adjacent to an activating group) is 1. The van der Waals surface area contributed by atoms with Crippen LogP contribution in [-0.4, -0.2) is 25.8 Å². The lowest BCUT2D eigenvalue weighted by molar-refractivity contribution is -0.885. The number of nitrogens with one attached hydrogen (secondary N) is 2. The van der Waals surface area contributed by atoms with Crippen molar-refractivity contribution in [3.8, 4) is 0 Å². The molecule has 0 aromatic heterocycles. The van der Waals surface area contributed by atoms with Gasteiger partial charge in [0.2, 0.25) is 0 Å². The summed E-state index contributed by atoms with van der Waals surface area (Å²) >= 11 is 1.69. The van der Waals surface area contributed by atoms with E-state index in [9.17, 15) is 13.6 Å². The Morgan fingerprint density at radius 3 is 2.48 bits per heavy atom. The normalized spacial score (nSPS) is 13.3. The minimum absolute atomic E-state index is 0.172. The quantitative estimate of drug-likeness (QED) is 0.740. The molecule has 2 N–H and O–H groups in total. The van der Waals surface area contributed by atoms with Crippen molar-refractivity contribution in [2.45, 2.75) is 24.4 Å². The second-order valence-corrected chi connectivity index (χ2v) is 6.99. The summed E-state index contributed by atoms with van der Waals surface area (Å²) in [6, 6.07) is 11.1. The first-order valence-corrected chi connectivity index (χ1v) is 9.30. The number of rotatable bonds is 7. The van der Waals surface area contributed by atoms with Crippen LogP contribution < -0.4 is 10.2 Å². The number of amides is 1. The van der Waals surface area contributed by atoms with Crippen LogP contribution in [0.15, 0.2) is 47.4 Å². The summed E-state index contributed by atoms with van der Waals surface area (Å²) in [6.07, 6.45) is 2.03. The van der Waals surface area contributed by atoms with E-state index in [1.807, 2.05) is 13.3 Å². The Bertz CT molecular complexity index is 722. The summed E-state index contributed by atoms with van der Waals surface area (Å²) in [4.78, 5) is 14.4. The van der Waals surface area contributed by atoms with Crippen LogP contribution in [0.2, 0.25) is 0 Å². The van der Waals surface area contributed by atoms with Gasteiger partial charge >= 0.3 is 0 Å². The van der Waals surface area contributed by atoms with Crippen molar-refractivity contribution in [3.05, 3.63) is 65.2 Å². The molecule has 2 aromatic rings. The third kappa shape index (κ3) is 5.83. The Labute approximate surface area is 151 Å². The fraction of sp³-hybridized carbons (Fsp3) is 0.316. The molecule has 0 heterocycles. The zero-order chi connectivity index (χ0) is 18.4. The first-order chi connectivity index (χ1) is 11.9. The van der Waals surface area contributed by atoms with E-state index in [4.69, 9.17) is 0 Å². The van der Waals surface area contributed by atoms with Crippen molar-refractivity contribution >= 4 is 17.7 Å². The van der Waals surface area contributed by atoms with Gasteiger partial charge in [-0.3, -0.25) is 4.79 Å². The molecule has 0 saturated carbocycles. The fourth-order valence-corrected chi connectivity index (χ4v) is 3.06. The van der Waals surface area contributed by atoms with E-state index >= 15 is 0 Å². The molecule has 0 radical (unpaired) electrons. The minimum Gasteiger partial charge on any atom is -0.345 e. The number of benzene rings is 2. The van der Waals surface area contributed by atoms with Gasteiger partial charge in [-0.2, -0.15) is 0 Å². The van der Waals surface area contributed by atoms with Crippen LogP contribution in [0.4, 0.5) is 8.78 Å². The zero-order valence-corrected chi connectivity index (χ0v) is 15.4. The topological polar surface area (TPSA) is 33.5 Å². The Morgan fingerprint density at radius 2 is 1.88 bits per heavy atom. The Balaban J connectivity index is 1.87. The molecule has 134 valence electrons. The van der Waals surface area contributed by atoms with E-state index in [1.54, 1.807) is 18.7 Å². The highest BCUT2D eigenvalue weighted by molar-refractivity contribution is 7.98. The third-order valence-electron chi connectivity index (χ3n) is 3.93. The number of quaternary nitrogens is 1. The van der Waals surface area contributed by atoms with Crippen molar-refractivity contribution < 1.29 is 18.5 Å². The summed E-state index contributed by atoms with van der Waals surface area (Å²) in [5, 5.41) is 2.77. The molecule has 1 unspecified atom stereocenters. The van der Waals surface area contributed by atoms with Crippen molar-refractivity contribution in [1.29, 1.82) is 0 Å². The standard InChI is InChI=1S/C19H22F2N2OS/c1-13(17-9-6-15(20)10-18(17)21)22-19(24)12-23(2)11-14-4-7-16(25-3)8-5-14/h4-10,13H,11-12H2,1-3H3,(H,22,24)/p+1/t13-/m1/s1. The maximum atomic E-state index is 13.8. The highest BCUT2D eigenvalue weighted by Crippen LogP contribution is 2.17. The van der Waals surface area contributed by atoms with Gasteiger partial charge < -0.3 is 10.2 Å². The van der Waals surface area contributed by atoms with Crippen molar-refractivity contribution in [2.24, 2.45) is 0 Å². The van der Waals surface area contributed by atoms with Gasteiger partial charge in [-0.1, -0.05) is 18.2 Å². The minimum atomic E-state index is -0.651. The molecule has 0 aliphatic carbocycles. The van der Waals surface area contributed by atoms with E-state index < -0.39 is 17.7 Å². The predicted molar refractivity (Wildman–Crippen MR) is 96.6 cm³/mol. The summed E-state index contributed by atoms with van der Waals surface area (Å²) in [7, 11) is 1.94. The van der Waals surface area contributed by atoms with Crippen LogP contribution in [0.5, 0.6) is 0 Å². The van der Waals surface area contributed by atoms with Gasteiger partial charge in [-0.25, -0.2) is 8.78 Å². The average molecular weight is 365 g/mol. The smallest absolute Gasteiger partial charge is 0.275 e. The average Bonchev–Trinajstić information content (AvgIpc) is 2.55. The van der Waals surface area contributed by atoms with Gasteiger partial charge in [0.1, 0.15) is 18.2 Å². The number of carbonyl (C=O) groups is 1. The molecular formula is C19H23F2N2OS+. The maximum absolute atomic E-state index is 13.8. The second kappa shape index (κ2) is 8.97. The second-order valence-electron chi connectivity index (χ2n) is 6.11. The molecule has 0 spiro atoms. The molecule has 6 heteroatoms. The van der Waals surface area contributed by atoms with Crippen LogP contribution >= 0.6 is 11.8 Å². The van der Waals surface area contributed by atoms with Crippen LogP contribution in [0, 0.1) is 11.6 Å². The molecule has 0 aliphatic rings. The monoisotopic (exact) mass is 365 g/mol. The first kappa shape index (κ1) is 19.4. The number of hydrogen-bond acceptors (Lipinski definition) is 2. The lowest BCUT2D eigenvalue weighted by Gasteiger charge is -2.18. The van der Waals surface area contributed by atoms with E-state index in [2.05, 4.69) is 29.6 Å². The molecular weight excluding hydrogens is 342 g/mol. The molecule has 0 fully saturated rings. The van der Waals surface area contributed by atoms with Gasteiger partial charge in [-0.05, 0) is 31.4 Å². The Hall–Kier alpha value is -1.92. The maximum Gasteiger partial charge on any atom is 0.275 e. The lowest BCUT2D eigenvalue weighted by atomic mass is 10.1. The van der Waals surface area contributed by atoms with E-state index in [0.717, 1.165) is 23.1 Å². The van der Waals surface area contributed by atoms with Crippen LogP contribution in [0.3, 0.4) is 0 Å². The molecule has 0 aliphatic heterocycles. The SMILES string of the molecule is CSc1ccc(C[NH+](C)CC(=O)N[C@H](C)c2ccc(F)cc2F)cc1. The zero-order valence-electron chi connectivity index (χ0n) is 14.6. The molecule has 2 aromatic carbocycles. The Morgan fingerprint density at radius 1 is 1.20 bits per heavy atom. The summed E-state index contributed by atoms with van der Waals surface area (Å²) in [5.74, 6) is -1.45. The number of thioether (sulfide) groups is 1. The molecule has 1 amide bonds. The molecule has 3 nitrogen and oxygen atoms in total. The van der Waals surface area contributed by atoms with E-state index in [0.29, 0.717) is 0 Å². The predicted octanol–water partition coefficient (Wildman–Crippen LogP) is 2.58. The van der Waals surface area contributed by atoms with Gasteiger partial charge in [-0.15, -0.1) is 11.8 Å². The number of halogens is 2. The molecule has 0 bridgehead atoms. The van der Waals surface area contributed by atoms with Crippen LogP contribution in [0.1, 0.15) is 24.1 Å². The molecule has 2 atom stereocenters. The number of carbonyl (C=O) groups excluding carboxylic acids is 1. The summed E-state index contributed by atoms with van der Waals surface area (Å²) in [6.45, 7) is 2.68. The van der Waals surface area contributed by atoms with Crippen molar-refractivity contribution in [3.63, 3.8) is 0 Å². The van der Waals surface area contributed by atoms with Crippen LogP contribution in [0.25, 0.3) is 0 Å². The number of hydrogen-bond donors (Lipinski definition) is 2. The van der Waals surface area contributed by atoms with Gasteiger partial charge in [0.15, 0.2) is 6.54 Å². The summed E-state index contributed by atoms with van der Waals surface area (Å²) in [5.41, 5.74) is 1.43. The molecule has 0 saturated heterocycles. The highest BCUT2D eigenvalue weighted by Gasteiger charge is 2.17. The van der Waals surface area contributed by atoms with Crippen molar-refractivity contribution in [2.75, 3.05) is 19.8 Å². The van der Waals surface area contributed by atoms with Gasteiger partial charge in [0, 0.05) is 22.1 Å².